The van der Waals surface area contributed by atoms with Gasteiger partial charge in [0.15, 0.2) is 17.5 Å². The highest BCUT2D eigenvalue weighted by Crippen LogP contribution is 2.31. The Morgan fingerprint density at radius 3 is 2.50 bits per heavy atom. The lowest BCUT2D eigenvalue weighted by atomic mass is 10.4. The van der Waals surface area contributed by atoms with Crippen LogP contribution in [0.1, 0.15) is 0 Å². The van der Waals surface area contributed by atoms with Gasteiger partial charge in [-0.2, -0.15) is 13.2 Å². The highest BCUT2D eigenvalue weighted by molar-refractivity contribution is 6.36. The molecule has 7 heteroatoms. The Morgan fingerprint density at radius 2 is 2.00 bits per heavy atom. The summed E-state index contributed by atoms with van der Waals surface area (Å²) < 4.78 is 39.7. The quantitative estimate of drug-likeness (QED) is 0.746. The van der Waals surface area contributed by atoms with Crippen LogP contribution >= 0.6 is 23.2 Å². The van der Waals surface area contributed by atoms with Gasteiger partial charge in [0.2, 0.25) is 0 Å². The number of pyridine rings is 1. The highest BCUT2D eigenvalue weighted by atomic mass is 35.5. The average Bonchev–Trinajstić information content (AvgIpc) is 2.01. The van der Waals surface area contributed by atoms with Crippen molar-refractivity contribution < 1.29 is 17.9 Å². The molecule has 0 aromatic carbocycles. The molecule has 0 amide bonds. The van der Waals surface area contributed by atoms with E-state index < -0.39 is 12.8 Å². The average molecular weight is 246 g/mol. The van der Waals surface area contributed by atoms with E-state index in [0.29, 0.717) is 0 Å². The molecule has 1 aromatic heterocycles. The zero-order valence-corrected chi connectivity index (χ0v) is 8.12. The van der Waals surface area contributed by atoms with Crippen molar-refractivity contribution in [1.82, 2.24) is 4.98 Å². The number of alkyl halides is 3. The Balaban J connectivity index is 2.77. The first-order chi connectivity index (χ1) is 6.40. The van der Waals surface area contributed by atoms with Gasteiger partial charge in [-0.15, -0.1) is 0 Å². The summed E-state index contributed by atoms with van der Waals surface area (Å²) in [6.07, 6.45) is -3.16. The summed E-state index contributed by atoms with van der Waals surface area (Å²) in [5, 5.41) is -0.198. The van der Waals surface area contributed by atoms with Crippen molar-refractivity contribution in [2.45, 2.75) is 6.18 Å². The number of hydrogen-bond donors (Lipinski definition) is 0. The molecule has 0 spiro atoms. The Hall–Kier alpha value is -0.680. The zero-order valence-electron chi connectivity index (χ0n) is 6.61. The molecule has 0 fully saturated rings. The molecule has 0 saturated carbocycles. The van der Waals surface area contributed by atoms with Gasteiger partial charge < -0.3 is 4.74 Å². The molecule has 1 rings (SSSR count). The van der Waals surface area contributed by atoms with Crippen LogP contribution < -0.4 is 4.74 Å². The van der Waals surface area contributed by atoms with Gasteiger partial charge in [-0.25, -0.2) is 4.98 Å². The van der Waals surface area contributed by atoms with Crippen LogP contribution in [0.25, 0.3) is 0 Å². The van der Waals surface area contributed by atoms with Crippen molar-refractivity contribution in [3.05, 3.63) is 22.4 Å². The summed E-state index contributed by atoms with van der Waals surface area (Å²) in [6, 6.07) is 1.29. The van der Waals surface area contributed by atoms with E-state index in [9.17, 15) is 13.2 Å². The van der Waals surface area contributed by atoms with Crippen molar-refractivity contribution in [2.75, 3.05) is 6.61 Å². The van der Waals surface area contributed by atoms with Crippen LogP contribution in [0.3, 0.4) is 0 Å². The summed E-state index contributed by atoms with van der Waals surface area (Å²) >= 11 is 11.0. The largest absolute Gasteiger partial charge is 0.479 e. The summed E-state index contributed by atoms with van der Waals surface area (Å²) in [6.45, 7) is -1.45. The summed E-state index contributed by atoms with van der Waals surface area (Å²) in [4.78, 5) is 3.53. The van der Waals surface area contributed by atoms with Crippen LogP contribution in [-0.4, -0.2) is 17.8 Å². The number of rotatable bonds is 2. The Labute approximate surface area is 87.6 Å². The Bertz CT molecular complexity index is 309. The second-order valence-electron chi connectivity index (χ2n) is 2.32. The molecule has 0 aliphatic carbocycles. The summed E-state index contributed by atoms with van der Waals surface area (Å²) in [5.41, 5.74) is 0. The van der Waals surface area contributed by atoms with E-state index in [2.05, 4.69) is 9.72 Å². The van der Waals surface area contributed by atoms with Gasteiger partial charge in [0, 0.05) is 6.20 Å². The first kappa shape index (κ1) is 11.4. The third-order valence-electron chi connectivity index (χ3n) is 1.19. The highest BCUT2D eigenvalue weighted by Gasteiger charge is 2.29. The van der Waals surface area contributed by atoms with Gasteiger partial charge in [-0.3, -0.25) is 0 Å². The predicted molar refractivity (Wildman–Crippen MR) is 45.8 cm³/mol. The lowest BCUT2D eigenvalue weighted by Gasteiger charge is -2.10. The molecule has 2 nitrogen and oxygen atoms in total. The summed E-state index contributed by atoms with van der Waals surface area (Å²) in [5.74, 6) is -0.256. The van der Waals surface area contributed by atoms with Gasteiger partial charge in [-0.1, -0.05) is 23.2 Å². The van der Waals surface area contributed by atoms with Gasteiger partial charge in [0.1, 0.15) is 0 Å². The fraction of sp³-hybridized carbons (Fsp3) is 0.286. The maximum atomic E-state index is 11.8. The Kier molecular flexibility index (Phi) is 3.44. The van der Waals surface area contributed by atoms with Crippen LogP contribution in [0.2, 0.25) is 10.2 Å². The fourth-order valence-electron chi connectivity index (χ4n) is 0.683. The molecule has 0 saturated heterocycles. The smallest absolute Gasteiger partial charge is 0.422 e. The zero-order chi connectivity index (χ0) is 10.8. The maximum absolute atomic E-state index is 11.8. The molecule has 0 aliphatic heterocycles. The number of hydrogen-bond acceptors (Lipinski definition) is 2. The van der Waals surface area contributed by atoms with Crippen LogP contribution in [0.15, 0.2) is 12.3 Å². The van der Waals surface area contributed by atoms with Gasteiger partial charge in [-0.05, 0) is 6.07 Å². The molecule has 0 bridgehead atoms. The molecular weight excluding hydrogens is 242 g/mol. The van der Waals surface area contributed by atoms with E-state index in [1.54, 1.807) is 0 Å². The molecule has 78 valence electrons. The number of aromatic nitrogens is 1. The summed E-state index contributed by atoms with van der Waals surface area (Å²) in [7, 11) is 0. The molecule has 0 atom stereocenters. The molecule has 1 aromatic rings. The van der Waals surface area contributed by atoms with E-state index in [1.165, 1.54) is 12.3 Å². The van der Waals surface area contributed by atoms with Gasteiger partial charge >= 0.3 is 6.18 Å². The first-order valence-electron chi connectivity index (χ1n) is 3.40. The molecular formula is C7H4Cl2F3NO. The second kappa shape index (κ2) is 4.23. The SMILES string of the molecule is FC(F)(F)COc1c(Cl)ccnc1Cl. The third kappa shape index (κ3) is 3.23. The first-order valence-corrected chi connectivity index (χ1v) is 4.15. The lowest BCUT2D eigenvalue weighted by molar-refractivity contribution is -0.153. The maximum Gasteiger partial charge on any atom is 0.422 e. The number of halogens is 5. The normalized spacial score (nSPS) is 11.5. The van der Waals surface area contributed by atoms with Crippen molar-refractivity contribution in [2.24, 2.45) is 0 Å². The standard InChI is InChI=1S/C7H4Cl2F3NO/c8-4-1-2-13-6(9)5(4)14-3-7(10,11)12/h1-2H,3H2. The lowest BCUT2D eigenvalue weighted by Crippen LogP contribution is -2.19. The topological polar surface area (TPSA) is 22.1 Å². The fourth-order valence-corrected chi connectivity index (χ4v) is 1.14. The van der Waals surface area contributed by atoms with E-state index in [-0.39, 0.29) is 15.9 Å². The van der Waals surface area contributed by atoms with E-state index in [0.717, 1.165) is 0 Å². The number of nitrogens with zero attached hydrogens (tertiary/aromatic N) is 1. The second-order valence-corrected chi connectivity index (χ2v) is 3.08. The minimum absolute atomic E-state index is 0.00532. The van der Waals surface area contributed by atoms with Crippen molar-refractivity contribution in [3.8, 4) is 5.75 Å². The van der Waals surface area contributed by atoms with Crippen molar-refractivity contribution in [1.29, 1.82) is 0 Å². The molecule has 0 aliphatic rings. The van der Waals surface area contributed by atoms with Crippen LogP contribution in [0.4, 0.5) is 13.2 Å². The van der Waals surface area contributed by atoms with E-state index in [1.807, 2.05) is 0 Å². The van der Waals surface area contributed by atoms with E-state index in [4.69, 9.17) is 23.2 Å². The number of ether oxygens (including phenoxy) is 1. The van der Waals surface area contributed by atoms with Crippen molar-refractivity contribution >= 4 is 23.2 Å². The minimum Gasteiger partial charge on any atom is -0.479 e. The predicted octanol–water partition coefficient (Wildman–Crippen LogP) is 3.33. The van der Waals surface area contributed by atoms with Crippen LogP contribution in [0.5, 0.6) is 5.75 Å². The van der Waals surface area contributed by atoms with E-state index >= 15 is 0 Å². The van der Waals surface area contributed by atoms with Gasteiger partial charge in [0.05, 0.1) is 5.02 Å². The van der Waals surface area contributed by atoms with Crippen molar-refractivity contribution in [3.63, 3.8) is 0 Å². The monoisotopic (exact) mass is 245 g/mol. The van der Waals surface area contributed by atoms with Gasteiger partial charge in [0.25, 0.3) is 0 Å². The molecule has 1 heterocycles. The minimum atomic E-state index is -4.43. The Morgan fingerprint density at radius 1 is 1.36 bits per heavy atom. The molecule has 0 N–H and O–H groups in total. The third-order valence-corrected chi connectivity index (χ3v) is 1.76. The van der Waals surface area contributed by atoms with Crippen LogP contribution in [0, 0.1) is 0 Å². The molecule has 0 radical (unpaired) electrons. The molecule has 14 heavy (non-hydrogen) atoms. The molecule has 0 unspecified atom stereocenters. The van der Waals surface area contributed by atoms with Crippen LogP contribution in [-0.2, 0) is 0 Å².